The number of benzene rings is 1. The summed E-state index contributed by atoms with van der Waals surface area (Å²) in [5.41, 5.74) is 2.62. The average molecular weight is 472 g/mol. The van der Waals surface area contributed by atoms with Crippen LogP contribution in [0.25, 0.3) is 10.6 Å². The van der Waals surface area contributed by atoms with E-state index in [1.54, 1.807) is 0 Å². The first-order chi connectivity index (χ1) is 14.7. The summed E-state index contributed by atoms with van der Waals surface area (Å²) in [6.45, 7) is 2.84. The van der Waals surface area contributed by atoms with Crippen LogP contribution in [0, 0.1) is 0 Å². The molecule has 1 aliphatic rings. The minimum absolute atomic E-state index is 0.0194. The van der Waals surface area contributed by atoms with Crippen LogP contribution in [-0.4, -0.2) is 38.1 Å². The summed E-state index contributed by atoms with van der Waals surface area (Å²) in [5, 5.41) is 3.39. The van der Waals surface area contributed by atoms with Crippen molar-refractivity contribution < 1.29 is 26.1 Å². The summed E-state index contributed by atoms with van der Waals surface area (Å²) in [6, 6.07) is 11.8. The van der Waals surface area contributed by atoms with Crippen LogP contribution in [0.15, 0.2) is 51.2 Å². The number of hydrogen-bond donors (Lipinski definition) is 1. The first kappa shape index (κ1) is 22.0. The molecule has 1 aliphatic heterocycles. The van der Waals surface area contributed by atoms with E-state index in [9.17, 15) is 21.6 Å². The van der Waals surface area contributed by atoms with Gasteiger partial charge < -0.3 is 4.52 Å². The quantitative estimate of drug-likeness (QED) is 0.524. The van der Waals surface area contributed by atoms with Crippen molar-refractivity contribution in [1.82, 2.24) is 14.8 Å². The normalized spacial score (nSPS) is 15.2. The van der Waals surface area contributed by atoms with E-state index in [1.165, 1.54) is 23.3 Å². The molecular formula is C20H20F3N3O3S2. The van der Waals surface area contributed by atoms with Crippen LogP contribution in [-0.2, 0) is 29.2 Å². The topological polar surface area (TPSA) is 75.4 Å². The molecule has 3 heterocycles. The average Bonchev–Trinajstić information content (AvgIpc) is 3.40. The minimum atomic E-state index is -4.64. The van der Waals surface area contributed by atoms with E-state index < -0.39 is 22.0 Å². The van der Waals surface area contributed by atoms with Gasteiger partial charge >= 0.3 is 6.18 Å². The zero-order valence-corrected chi connectivity index (χ0v) is 18.0. The molecule has 0 saturated heterocycles. The van der Waals surface area contributed by atoms with Gasteiger partial charge in [-0.05, 0) is 42.6 Å². The van der Waals surface area contributed by atoms with E-state index in [1.807, 2.05) is 12.1 Å². The molecule has 0 aliphatic carbocycles. The maximum Gasteiger partial charge on any atom is 0.452 e. The number of fused-ring (bicyclic) bond motifs is 1. The number of nitrogens with one attached hydrogen (secondary N) is 1. The lowest BCUT2D eigenvalue weighted by atomic mass is 10.00. The molecule has 31 heavy (non-hydrogen) atoms. The van der Waals surface area contributed by atoms with Gasteiger partial charge in [0.1, 0.15) is 9.90 Å². The molecule has 1 N–H and O–H groups in total. The molecule has 0 amide bonds. The Bertz CT molecular complexity index is 1160. The lowest BCUT2D eigenvalue weighted by Crippen LogP contribution is -2.33. The van der Waals surface area contributed by atoms with Gasteiger partial charge in [-0.1, -0.05) is 29.4 Å². The second-order valence-corrected chi connectivity index (χ2v) is 10.3. The fourth-order valence-corrected chi connectivity index (χ4v) is 5.83. The highest BCUT2D eigenvalue weighted by molar-refractivity contribution is 7.91. The molecule has 3 aromatic rings. The molecule has 0 unspecified atom stereocenters. The standard InChI is InChI=1S/C20H20F3N3O3S2/c21-20(22,23)18-12-16(25-29-18)17-6-7-19(30-17)31(27,28)24-9-3-10-26-11-8-14-4-1-2-5-15(14)13-26/h1-2,4-7,12,24H,3,8-11,13H2. The smallest absolute Gasteiger partial charge is 0.351 e. The minimum Gasteiger partial charge on any atom is -0.351 e. The van der Waals surface area contributed by atoms with Gasteiger partial charge in [-0.25, -0.2) is 13.1 Å². The van der Waals surface area contributed by atoms with Gasteiger partial charge in [-0.15, -0.1) is 11.3 Å². The summed E-state index contributed by atoms with van der Waals surface area (Å²) >= 11 is 0.845. The van der Waals surface area contributed by atoms with Gasteiger partial charge in [-0.2, -0.15) is 13.2 Å². The Morgan fingerprint density at radius 2 is 1.94 bits per heavy atom. The summed E-state index contributed by atoms with van der Waals surface area (Å²) in [7, 11) is -3.75. The monoisotopic (exact) mass is 471 g/mol. The maximum absolute atomic E-state index is 12.7. The molecule has 0 saturated carbocycles. The molecule has 2 aromatic heterocycles. The van der Waals surface area contributed by atoms with Crippen LogP contribution in [0.1, 0.15) is 23.3 Å². The number of rotatable bonds is 7. The van der Waals surface area contributed by atoms with Gasteiger partial charge in [0, 0.05) is 25.7 Å². The van der Waals surface area contributed by atoms with E-state index in [0.717, 1.165) is 43.5 Å². The number of sulfonamides is 1. The van der Waals surface area contributed by atoms with E-state index in [0.29, 0.717) is 6.42 Å². The Morgan fingerprint density at radius 3 is 2.68 bits per heavy atom. The Labute approximate surface area is 181 Å². The second-order valence-electron chi connectivity index (χ2n) is 7.24. The van der Waals surface area contributed by atoms with Crippen molar-refractivity contribution in [2.45, 2.75) is 29.8 Å². The third-order valence-electron chi connectivity index (χ3n) is 5.04. The maximum atomic E-state index is 12.7. The molecular weight excluding hydrogens is 451 g/mol. The molecule has 6 nitrogen and oxygen atoms in total. The molecule has 0 radical (unpaired) electrons. The zero-order valence-electron chi connectivity index (χ0n) is 16.4. The first-order valence-electron chi connectivity index (χ1n) is 9.65. The SMILES string of the molecule is O=S(=O)(NCCCN1CCc2ccccc2C1)c1ccc(-c2cc(C(F)(F)F)on2)s1. The van der Waals surface area contributed by atoms with Crippen molar-refractivity contribution >= 4 is 21.4 Å². The van der Waals surface area contributed by atoms with Crippen LogP contribution < -0.4 is 4.72 Å². The van der Waals surface area contributed by atoms with Gasteiger partial charge in [-0.3, -0.25) is 4.90 Å². The second kappa shape index (κ2) is 8.73. The fraction of sp³-hybridized carbons (Fsp3) is 0.350. The van der Waals surface area contributed by atoms with Crippen molar-refractivity contribution in [3.05, 3.63) is 59.4 Å². The van der Waals surface area contributed by atoms with Crippen LogP contribution in [0.5, 0.6) is 0 Å². The largest absolute Gasteiger partial charge is 0.452 e. The molecule has 0 atom stereocenters. The summed E-state index contributed by atoms with van der Waals surface area (Å²) in [6.07, 6.45) is -3.01. The highest BCUT2D eigenvalue weighted by atomic mass is 32.2. The highest BCUT2D eigenvalue weighted by Crippen LogP contribution is 2.35. The van der Waals surface area contributed by atoms with Gasteiger partial charge in [0.2, 0.25) is 15.8 Å². The van der Waals surface area contributed by atoms with Gasteiger partial charge in [0.05, 0.1) is 4.88 Å². The number of thiophene rings is 1. The van der Waals surface area contributed by atoms with Crippen molar-refractivity contribution in [3.63, 3.8) is 0 Å². The van der Waals surface area contributed by atoms with E-state index in [2.05, 4.69) is 31.4 Å². The summed E-state index contributed by atoms with van der Waals surface area (Å²) in [4.78, 5) is 2.58. The molecule has 1 aromatic carbocycles. The number of alkyl halides is 3. The Morgan fingerprint density at radius 1 is 1.16 bits per heavy atom. The molecule has 166 valence electrons. The van der Waals surface area contributed by atoms with E-state index in [-0.39, 0.29) is 21.3 Å². The van der Waals surface area contributed by atoms with Crippen LogP contribution in [0.4, 0.5) is 13.2 Å². The molecule has 0 bridgehead atoms. The summed E-state index contributed by atoms with van der Waals surface area (Å²) in [5.74, 6) is -1.22. The molecule has 0 fully saturated rings. The zero-order chi connectivity index (χ0) is 22.1. The number of aromatic nitrogens is 1. The molecule has 11 heteroatoms. The van der Waals surface area contributed by atoms with Crippen LogP contribution in [0.2, 0.25) is 0 Å². The van der Waals surface area contributed by atoms with Crippen molar-refractivity contribution in [1.29, 1.82) is 0 Å². The third kappa shape index (κ3) is 5.17. The Hall–Kier alpha value is -2.21. The molecule has 0 spiro atoms. The van der Waals surface area contributed by atoms with Gasteiger partial charge in [0.15, 0.2) is 0 Å². The predicted octanol–water partition coefficient (Wildman–Crippen LogP) is 4.15. The number of nitrogens with zero attached hydrogens (tertiary/aromatic N) is 2. The lowest BCUT2D eigenvalue weighted by Gasteiger charge is -2.28. The highest BCUT2D eigenvalue weighted by Gasteiger charge is 2.36. The third-order valence-corrected chi connectivity index (χ3v) is 8.10. The molecule has 4 rings (SSSR count). The Kier molecular flexibility index (Phi) is 6.20. The fourth-order valence-electron chi connectivity index (χ4n) is 3.45. The van der Waals surface area contributed by atoms with Crippen molar-refractivity contribution in [2.24, 2.45) is 0 Å². The summed E-state index contributed by atoms with van der Waals surface area (Å²) < 4.78 is 69.9. The lowest BCUT2D eigenvalue weighted by molar-refractivity contribution is -0.155. The van der Waals surface area contributed by atoms with Crippen LogP contribution >= 0.6 is 11.3 Å². The van der Waals surface area contributed by atoms with E-state index in [4.69, 9.17) is 0 Å². The number of hydrogen-bond acceptors (Lipinski definition) is 6. The predicted molar refractivity (Wildman–Crippen MR) is 110 cm³/mol. The Balaban J connectivity index is 1.30. The van der Waals surface area contributed by atoms with E-state index >= 15 is 0 Å². The van der Waals surface area contributed by atoms with Gasteiger partial charge in [0.25, 0.3) is 0 Å². The first-order valence-corrected chi connectivity index (χ1v) is 12.0. The van der Waals surface area contributed by atoms with Crippen LogP contribution in [0.3, 0.4) is 0 Å². The van der Waals surface area contributed by atoms with Crippen molar-refractivity contribution in [2.75, 3.05) is 19.6 Å². The van der Waals surface area contributed by atoms with Crippen molar-refractivity contribution in [3.8, 4) is 10.6 Å². The number of halogens is 3.